The van der Waals surface area contributed by atoms with Crippen LogP contribution in [0, 0.1) is 17.7 Å². The van der Waals surface area contributed by atoms with Gasteiger partial charge in [-0.05, 0) is 52.7 Å². The van der Waals surface area contributed by atoms with Crippen molar-refractivity contribution >= 4 is 27.5 Å². The summed E-state index contributed by atoms with van der Waals surface area (Å²) in [5.74, 6) is 0.208. The number of benzene rings is 1. The molecule has 1 aromatic rings. The molecule has 1 nitrogen and oxygen atoms in total. The van der Waals surface area contributed by atoms with Gasteiger partial charge in [-0.1, -0.05) is 18.5 Å². The third-order valence-corrected chi connectivity index (χ3v) is 4.42. The predicted molar refractivity (Wildman–Crippen MR) is 66.0 cm³/mol. The zero-order valence-corrected chi connectivity index (χ0v) is 11.2. The van der Waals surface area contributed by atoms with Crippen LogP contribution in [0.15, 0.2) is 16.6 Å². The fourth-order valence-corrected chi connectivity index (χ4v) is 2.42. The number of aliphatic hydroxyl groups excluding tert-OH is 1. The monoisotopic (exact) mass is 306 g/mol. The summed E-state index contributed by atoms with van der Waals surface area (Å²) in [5.41, 5.74) is 0.299. The molecule has 0 amide bonds. The van der Waals surface area contributed by atoms with E-state index in [1.54, 1.807) is 0 Å². The van der Waals surface area contributed by atoms with Gasteiger partial charge in [-0.2, -0.15) is 0 Å². The molecule has 0 heterocycles. The topological polar surface area (TPSA) is 20.2 Å². The smallest absolute Gasteiger partial charge is 0.130 e. The molecule has 16 heavy (non-hydrogen) atoms. The second kappa shape index (κ2) is 4.63. The van der Waals surface area contributed by atoms with Gasteiger partial charge in [0.1, 0.15) is 5.82 Å². The predicted octanol–water partition coefficient (Wildman–Crippen LogP) is 4.32. The van der Waals surface area contributed by atoms with Gasteiger partial charge in [0, 0.05) is 10.0 Å². The van der Waals surface area contributed by atoms with Gasteiger partial charge in [-0.25, -0.2) is 4.39 Å². The summed E-state index contributed by atoms with van der Waals surface area (Å²) in [7, 11) is 0. The Bertz CT molecular complexity index is 406. The summed E-state index contributed by atoms with van der Waals surface area (Å²) in [6.45, 7) is 1.96. The highest BCUT2D eigenvalue weighted by Gasteiger charge is 2.34. The lowest BCUT2D eigenvalue weighted by Gasteiger charge is -2.19. The summed E-state index contributed by atoms with van der Waals surface area (Å²) in [6.07, 6.45) is 1.49. The molecule has 0 spiro atoms. The molecule has 0 aromatic heterocycles. The Morgan fingerprint density at radius 1 is 1.50 bits per heavy atom. The van der Waals surface area contributed by atoms with Crippen molar-refractivity contribution in [2.45, 2.75) is 25.9 Å². The number of aliphatic hydroxyl groups is 1. The largest absolute Gasteiger partial charge is 0.388 e. The van der Waals surface area contributed by atoms with Crippen molar-refractivity contribution in [1.82, 2.24) is 0 Å². The Kier molecular flexibility index (Phi) is 3.57. The molecule has 1 saturated carbocycles. The summed E-state index contributed by atoms with van der Waals surface area (Å²) >= 11 is 9.06. The minimum absolute atomic E-state index is 0.0896. The molecule has 1 aliphatic carbocycles. The lowest BCUT2D eigenvalue weighted by molar-refractivity contribution is 0.102. The maximum atomic E-state index is 13.7. The Morgan fingerprint density at radius 2 is 2.12 bits per heavy atom. The highest BCUT2D eigenvalue weighted by atomic mass is 79.9. The minimum Gasteiger partial charge on any atom is -0.388 e. The SMILES string of the molecule is CC(C1CC1)C(O)c1cc(Cl)c(Br)cc1F. The fraction of sp³-hybridized carbons (Fsp3) is 0.500. The van der Waals surface area contributed by atoms with Gasteiger partial charge in [-0.15, -0.1) is 0 Å². The van der Waals surface area contributed by atoms with E-state index in [9.17, 15) is 9.50 Å². The van der Waals surface area contributed by atoms with Crippen LogP contribution in [0.4, 0.5) is 4.39 Å². The molecule has 2 unspecified atom stereocenters. The van der Waals surface area contributed by atoms with Crippen molar-refractivity contribution in [3.63, 3.8) is 0 Å². The maximum Gasteiger partial charge on any atom is 0.130 e. The number of rotatable bonds is 3. The minimum atomic E-state index is -0.766. The van der Waals surface area contributed by atoms with Gasteiger partial charge in [0.05, 0.1) is 11.1 Å². The first-order valence-electron chi connectivity index (χ1n) is 5.33. The molecule has 2 atom stereocenters. The molecular weight excluding hydrogens is 294 g/mol. The molecule has 1 fully saturated rings. The maximum absolute atomic E-state index is 13.7. The molecule has 0 bridgehead atoms. The van der Waals surface area contributed by atoms with Crippen LogP contribution in [0.2, 0.25) is 5.02 Å². The van der Waals surface area contributed by atoms with E-state index < -0.39 is 11.9 Å². The van der Waals surface area contributed by atoms with Gasteiger partial charge in [0.2, 0.25) is 0 Å². The molecule has 1 aromatic carbocycles. The van der Waals surface area contributed by atoms with Crippen LogP contribution in [0.3, 0.4) is 0 Å². The van der Waals surface area contributed by atoms with Crippen molar-refractivity contribution in [3.05, 3.63) is 33.0 Å². The van der Waals surface area contributed by atoms with Crippen molar-refractivity contribution < 1.29 is 9.50 Å². The fourth-order valence-electron chi connectivity index (χ4n) is 1.93. The molecule has 0 saturated heterocycles. The van der Waals surface area contributed by atoms with E-state index in [2.05, 4.69) is 15.9 Å². The third kappa shape index (κ3) is 2.41. The Labute approximate surface area is 108 Å². The van der Waals surface area contributed by atoms with Gasteiger partial charge < -0.3 is 5.11 Å². The summed E-state index contributed by atoms with van der Waals surface area (Å²) in [5, 5.41) is 10.5. The summed E-state index contributed by atoms with van der Waals surface area (Å²) in [6, 6.07) is 2.81. The molecule has 88 valence electrons. The van der Waals surface area contributed by atoms with Crippen LogP contribution in [-0.4, -0.2) is 5.11 Å². The highest BCUT2D eigenvalue weighted by molar-refractivity contribution is 9.10. The second-order valence-electron chi connectivity index (χ2n) is 4.43. The zero-order chi connectivity index (χ0) is 11.9. The molecule has 2 rings (SSSR count). The molecule has 0 radical (unpaired) electrons. The van der Waals surface area contributed by atoms with Gasteiger partial charge in [0.25, 0.3) is 0 Å². The molecular formula is C12H13BrClFO. The second-order valence-corrected chi connectivity index (χ2v) is 5.69. The zero-order valence-electron chi connectivity index (χ0n) is 8.88. The van der Waals surface area contributed by atoms with E-state index in [-0.39, 0.29) is 5.92 Å². The van der Waals surface area contributed by atoms with Gasteiger partial charge >= 0.3 is 0 Å². The van der Waals surface area contributed by atoms with Crippen LogP contribution in [0.5, 0.6) is 0 Å². The molecule has 1 aliphatic rings. The van der Waals surface area contributed by atoms with E-state index in [1.807, 2.05) is 6.92 Å². The van der Waals surface area contributed by atoms with Gasteiger partial charge in [-0.3, -0.25) is 0 Å². The first-order valence-corrected chi connectivity index (χ1v) is 6.50. The van der Waals surface area contributed by atoms with Crippen LogP contribution in [0.25, 0.3) is 0 Å². The first kappa shape index (κ1) is 12.3. The van der Waals surface area contributed by atoms with Crippen molar-refractivity contribution in [3.8, 4) is 0 Å². The number of hydrogen-bond donors (Lipinski definition) is 1. The Hall–Kier alpha value is -0.120. The number of halogens is 3. The highest BCUT2D eigenvalue weighted by Crippen LogP contribution is 2.43. The summed E-state index contributed by atoms with van der Waals surface area (Å²) < 4.78 is 14.2. The molecule has 0 aliphatic heterocycles. The number of hydrogen-bond acceptors (Lipinski definition) is 1. The quantitative estimate of drug-likeness (QED) is 0.825. The third-order valence-electron chi connectivity index (χ3n) is 3.22. The van der Waals surface area contributed by atoms with Gasteiger partial charge in [0.15, 0.2) is 0 Å². The lowest BCUT2D eigenvalue weighted by Crippen LogP contribution is -2.12. The van der Waals surface area contributed by atoms with Crippen LogP contribution in [-0.2, 0) is 0 Å². The Morgan fingerprint density at radius 3 is 2.69 bits per heavy atom. The van der Waals surface area contributed by atoms with Crippen LogP contribution in [0.1, 0.15) is 31.4 Å². The van der Waals surface area contributed by atoms with E-state index in [1.165, 1.54) is 12.1 Å². The molecule has 4 heteroatoms. The van der Waals surface area contributed by atoms with Crippen molar-refractivity contribution in [2.75, 3.05) is 0 Å². The average molecular weight is 308 g/mol. The van der Waals surface area contributed by atoms with Crippen molar-refractivity contribution in [1.29, 1.82) is 0 Å². The normalized spacial score (nSPS) is 19.6. The van der Waals surface area contributed by atoms with E-state index in [0.717, 1.165) is 12.8 Å². The van der Waals surface area contributed by atoms with E-state index in [4.69, 9.17) is 11.6 Å². The first-order chi connectivity index (χ1) is 7.50. The van der Waals surface area contributed by atoms with Crippen molar-refractivity contribution in [2.24, 2.45) is 11.8 Å². The van der Waals surface area contributed by atoms with Crippen LogP contribution >= 0.6 is 27.5 Å². The molecule has 1 N–H and O–H groups in total. The van der Waals surface area contributed by atoms with E-state index >= 15 is 0 Å². The van der Waals surface area contributed by atoms with Crippen LogP contribution < -0.4 is 0 Å². The standard InChI is InChI=1S/C12H13BrClFO/c1-6(7-2-3-7)12(16)8-4-10(14)9(13)5-11(8)15/h4-7,12,16H,2-3H2,1H3. The Balaban J connectivity index is 2.28. The lowest BCUT2D eigenvalue weighted by atomic mass is 9.93. The summed E-state index contributed by atoms with van der Waals surface area (Å²) in [4.78, 5) is 0. The average Bonchev–Trinajstić information content (AvgIpc) is 3.05. The van der Waals surface area contributed by atoms with E-state index in [0.29, 0.717) is 21.0 Å².